The van der Waals surface area contributed by atoms with Gasteiger partial charge in [-0.05, 0) is 25.3 Å². The average molecular weight is 326 g/mol. The van der Waals surface area contributed by atoms with Crippen LogP contribution < -0.4 is 5.32 Å². The largest absolute Gasteiger partial charge is 0.314 e. The number of sulfone groups is 1. The Morgan fingerprint density at radius 1 is 1.20 bits per heavy atom. The zero-order valence-corrected chi connectivity index (χ0v) is 14.1. The Bertz CT molecular complexity index is 502. The van der Waals surface area contributed by atoms with Gasteiger partial charge in [-0.3, -0.25) is 0 Å². The van der Waals surface area contributed by atoms with Gasteiger partial charge in [0.2, 0.25) is 10.0 Å². The zero-order chi connectivity index (χ0) is 15.4. The number of nitrogens with one attached hydrogen (secondary N) is 1. The second kappa shape index (κ2) is 7.20. The monoisotopic (exact) mass is 326 g/mol. The summed E-state index contributed by atoms with van der Waals surface area (Å²) in [4.78, 5) is 0. The number of rotatable bonds is 7. The Kier molecular flexibility index (Phi) is 6.43. The summed E-state index contributed by atoms with van der Waals surface area (Å²) < 4.78 is 48.0. The van der Waals surface area contributed by atoms with Crippen molar-refractivity contribution in [2.24, 2.45) is 5.92 Å². The molecule has 2 atom stereocenters. The summed E-state index contributed by atoms with van der Waals surface area (Å²) in [6.45, 7) is 5.88. The van der Waals surface area contributed by atoms with Crippen LogP contribution in [-0.4, -0.2) is 58.2 Å². The topological polar surface area (TPSA) is 83.6 Å². The van der Waals surface area contributed by atoms with Gasteiger partial charge < -0.3 is 5.32 Å². The average Bonchev–Trinajstić information content (AvgIpc) is 2.33. The van der Waals surface area contributed by atoms with E-state index in [0.29, 0.717) is 19.1 Å². The Balaban J connectivity index is 2.73. The van der Waals surface area contributed by atoms with Crippen molar-refractivity contribution in [3.05, 3.63) is 0 Å². The molecule has 0 saturated carbocycles. The molecule has 0 aromatic carbocycles. The van der Waals surface area contributed by atoms with E-state index in [4.69, 9.17) is 0 Å². The Hall–Kier alpha value is -0.180. The fourth-order valence-corrected chi connectivity index (χ4v) is 6.17. The van der Waals surface area contributed by atoms with Crippen molar-refractivity contribution in [1.29, 1.82) is 0 Å². The van der Waals surface area contributed by atoms with Crippen LogP contribution in [0.3, 0.4) is 0 Å². The van der Waals surface area contributed by atoms with Gasteiger partial charge in [-0.1, -0.05) is 20.3 Å². The van der Waals surface area contributed by atoms with Crippen LogP contribution in [0.25, 0.3) is 0 Å². The molecule has 120 valence electrons. The first-order chi connectivity index (χ1) is 9.19. The third kappa shape index (κ3) is 5.31. The lowest BCUT2D eigenvalue weighted by atomic mass is 9.91. The number of nitrogens with zero attached hydrogens (tertiary/aromatic N) is 1. The van der Waals surface area contributed by atoms with Crippen molar-refractivity contribution in [2.75, 3.05) is 31.0 Å². The number of hydrogen-bond donors (Lipinski definition) is 1. The molecule has 0 radical (unpaired) electrons. The lowest BCUT2D eigenvalue weighted by molar-refractivity contribution is 0.203. The van der Waals surface area contributed by atoms with Crippen molar-refractivity contribution < 1.29 is 16.8 Å². The highest BCUT2D eigenvalue weighted by molar-refractivity contribution is 8.06. The lowest BCUT2D eigenvalue weighted by Crippen LogP contribution is -2.51. The molecule has 6 nitrogen and oxygen atoms in total. The molecule has 1 heterocycles. The standard InChI is InChI=1S/C12H26N2O4S2/c1-4-7-13-12-6-8-14(9-11(12)5-2)20(17,18)10-19(3,15)16/h11-13H,4-10H2,1-3H3. The van der Waals surface area contributed by atoms with E-state index >= 15 is 0 Å². The van der Waals surface area contributed by atoms with Crippen molar-refractivity contribution >= 4 is 19.9 Å². The minimum Gasteiger partial charge on any atom is -0.314 e. The fraction of sp³-hybridized carbons (Fsp3) is 1.00. The Morgan fingerprint density at radius 3 is 2.35 bits per heavy atom. The van der Waals surface area contributed by atoms with Crippen LogP contribution in [0, 0.1) is 5.92 Å². The van der Waals surface area contributed by atoms with E-state index in [9.17, 15) is 16.8 Å². The maximum absolute atomic E-state index is 12.1. The van der Waals surface area contributed by atoms with E-state index in [1.54, 1.807) is 0 Å². The molecule has 0 amide bonds. The second-order valence-electron chi connectivity index (χ2n) is 5.53. The lowest BCUT2D eigenvalue weighted by Gasteiger charge is -2.38. The maximum Gasteiger partial charge on any atom is 0.228 e. The highest BCUT2D eigenvalue weighted by Crippen LogP contribution is 2.23. The summed E-state index contributed by atoms with van der Waals surface area (Å²) in [5.41, 5.74) is 0. The minimum absolute atomic E-state index is 0.240. The number of piperidine rings is 1. The molecule has 1 aliphatic heterocycles. The smallest absolute Gasteiger partial charge is 0.228 e. The molecule has 0 aromatic heterocycles. The van der Waals surface area contributed by atoms with E-state index in [1.165, 1.54) is 4.31 Å². The van der Waals surface area contributed by atoms with Gasteiger partial charge in [0.25, 0.3) is 0 Å². The summed E-state index contributed by atoms with van der Waals surface area (Å²) in [5.74, 6) is 0.240. The maximum atomic E-state index is 12.1. The molecule has 2 unspecified atom stereocenters. The summed E-state index contributed by atoms with van der Waals surface area (Å²) >= 11 is 0. The number of hydrogen-bond acceptors (Lipinski definition) is 5. The van der Waals surface area contributed by atoms with Gasteiger partial charge in [0.05, 0.1) is 0 Å². The van der Waals surface area contributed by atoms with Gasteiger partial charge >= 0.3 is 0 Å². The fourth-order valence-electron chi connectivity index (χ4n) is 2.61. The van der Waals surface area contributed by atoms with Crippen LogP contribution in [0.2, 0.25) is 0 Å². The predicted octanol–water partition coefficient (Wildman–Crippen LogP) is 0.418. The molecule has 0 spiro atoms. The van der Waals surface area contributed by atoms with Crippen LogP contribution >= 0.6 is 0 Å². The van der Waals surface area contributed by atoms with Crippen molar-refractivity contribution in [3.8, 4) is 0 Å². The molecule has 0 bridgehead atoms. The highest BCUT2D eigenvalue weighted by Gasteiger charge is 2.35. The van der Waals surface area contributed by atoms with Crippen LogP contribution in [-0.2, 0) is 19.9 Å². The van der Waals surface area contributed by atoms with Gasteiger partial charge in [-0.15, -0.1) is 0 Å². The van der Waals surface area contributed by atoms with Crippen molar-refractivity contribution in [2.45, 2.75) is 39.2 Å². The minimum atomic E-state index is -3.71. The van der Waals surface area contributed by atoms with E-state index in [-0.39, 0.29) is 5.92 Å². The first-order valence-corrected chi connectivity index (χ1v) is 10.8. The van der Waals surface area contributed by atoms with Gasteiger partial charge in [-0.25, -0.2) is 21.1 Å². The predicted molar refractivity (Wildman–Crippen MR) is 80.7 cm³/mol. The molecule has 1 N–H and O–H groups in total. The summed E-state index contributed by atoms with van der Waals surface area (Å²) in [7, 11) is -7.24. The quantitative estimate of drug-likeness (QED) is 0.733. The third-order valence-electron chi connectivity index (χ3n) is 3.63. The number of sulfonamides is 1. The van der Waals surface area contributed by atoms with Crippen LogP contribution in [0.15, 0.2) is 0 Å². The van der Waals surface area contributed by atoms with Crippen molar-refractivity contribution in [3.63, 3.8) is 0 Å². The Morgan fingerprint density at radius 2 is 1.85 bits per heavy atom. The molecule has 1 fully saturated rings. The van der Waals surface area contributed by atoms with Gasteiger partial charge in [0, 0.05) is 25.4 Å². The molecule has 1 rings (SSSR count). The van der Waals surface area contributed by atoms with Gasteiger partial charge in [-0.2, -0.15) is 0 Å². The Labute approximate surface area is 122 Å². The normalized spacial score (nSPS) is 25.8. The van der Waals surface area contributed by atoms with Gasteiger partial charge in [0.1, 0.15) is 0 Å². The van der Waals surface area contributed by atoms with E-state index in [2.05, 4.69) is 12.2 Å². The SMILES string of the molecule is CCCNC1CCN(S(=O)(=O)CS(C)(=O)=O)CC1CC. The molecule has 8 heteroatoms. The molecule has 20 heavy (non-hydrogen) atoms. The summed E-state index contributed by atoms with van der Waals surface area (Å²) in [6, 6.07) is 0.324. The first kappa shape index (κ1) is 17.9. The molecule has 1 saturated heterocycles. The van der Waals surface area contributed by atoms with Crippen LogP contribution in [0.4, 0.5) is 0 Å². The second-order valence-corrected chi connectivity index (χ2v) is 10.0. The van der Waals surface area contributed by atoms with Crippen LogP contribution in [0.1, 0.15) is 33.1 Å². The summed E-state index contributed by atoms with van der Waals surface area (Å²) in [6.07, 6.45) is 3.62. The molecule has 0 aromatic rings. The van der Waals surface area contributed by atoms with Crippen molar-refractivity contribution in [1.82, 2.24) is 9.62 Å². The zero-order valence-electron chi connectivity index (χ0n) is 12.5. The summed E-state index contributed by atoms with van der Waals surface area (Å²) in [5, 5.41) is 2.66. The van der Waals surface area contributed by atoms with Crippen LogP contribution in [0.5, 0.6) is 0 Å². The van der Waals surface area contributed by atoms with E-state index in [0.717, 1.165) is 32.1 Å². The molecule has 1 aliphatic rings. The molecular weight excluding hydrogens is 300 g/mol. The van der Waals surface area contributed by atoms with Gasteiger partial charge in [0.15, 0.2) is 14.9 Å². The molecular formula is C12H26N2O4S2. The highest BCUT2D eigenvalue weighted by atomic mass is 32.3. The third-order valence-corrected chi connectivity index (χ3v) is 7.66. The van der Waals surface area contributed by atoms with E-state index in [1.807, 2.05) is 6.92 Å². The first-order valence-electron chi connectivity index (χ1n) is 7.08. The molecule has 0 aliphatic carbocycles. The van der Waals surface area contributed by atoms with E-state index < -0.39 is 24.9 Å².